The highest BCUT2D eigenvalue weighted by molar-refractivity contribution is 5.80. The number of nitrogen functional groups attached to an aromatic ring is 1. The van der Waals surface area contributed by atoms with E-state index in [1.807, 2.05) is 18.3 Å². The third-order valence-electron chi connectivity index (χ3n) is 5.63. The van der Waals surface area contributed by atoms with Crippen molar-refractivity contribution in [2.45, 2.75) is 18.8 Å². The number of aromatic amines is 1. The van der Waals surface area contributed by atoms with Gasteiger partial charge in [0.15, 0.2) is 5.82 Å². The zero-order valence-corrected chi connectivity index (χ0v) is 16.5. The third-order valence-corrected chi connectivity index (χ3v) is 5.63. The van der Waals surface area contributed by atoms with Crippen molar-refractivity contribution in [1.82, 2.24) is 25.1 Å². The second-order valence-electron chi connectivity index (χ2n) is 7.42. The number of nitrogens with one attached hydrogen (secondary N) is 1. The highest BCUT2D eigenvalue weighted by Crippen LogP contribution is 2.37. The summed E-state index contributed by atoms with van der Waals surface area (Å²) in [7, 11) is 0. The van der Waals surface area contributed by atoms with Gasteiger partial charge >= 0.3 is 0 Å². The molecule has 3 aromatic heterocycles. The van der Waals surface area contributed by atoms with Gasteiger partial charge in [-0.3, -0.25) is 4.98 Å². The minimum absolute atomic E-state index is 0.449. The lowest BCUT2D eigenvalue weighted by molar-refractivity contribution is 0.0854. The van der Waals surface area contributed by atoms with Crippen LogP contribution in [0.3, 0.4) is 0 Å². The fourth-order valence-electron chi connectivity index (χ4n) is 4.04. The van der Waals surface area contributed by atoms with Gasteiger partial charge in [-0.2, -0.15) is 0 Å². The second-order valence-corrected chi connectivity index (χ2v) is 7.42. The van der Waals surface area contributed by atoms with Crippen LogP contribution in [0.15, 0.2) is 61.3 Å². The lowest BCUT2D eigenvalue weighted by Gasteiger charge is -2.24. The third kappa shape index (κ3) is 3.55. The largest absolute Gasteiger partial charge is 0.383 e. The number of nitrogens with zero attached hydrogens (tertiary/aromatic N) is 4. The highest BCUT2D eigenvalue weighted by atomic mass is 16.5. The van der Waals surface area contributed by atoms with Gasteiger partial charge in [-0.15, -0.1) is 10.2 Å². The van der Waals surface area contributed by atoms with Gasteiger partial charge in [0.1, 0.15) is 12.1 Å². The number of ether oxygens (including phenoxy) is 1. The van der Waals surface area contributed by atoms with Crippen LogP contribution in [-0.2, 0) is 4.74 Å². The van der Waals surface area contributed by atoms with Gasteiger partial charge in [-0.05, 0) is 59.7 Å². The molecule has 5 rings (SSSR count). The van der Waals surface area contributed by atoms with Crippen LogP contribution in [0.25, 0.3) is 33.6 Å². The summed E-state index contributed by atoms with van der Waals surface area (Å²) < 4.78 is 5.55. The van der Waals surface area contributed by atoms with Crippen LogP contribution < -0.4 is 5.73 Å². The normalized spacial score (nSPS) is 14.7. The van der Waals surface area contributed by atoms with Gasteiger partial charge in [-0.1, -0.05) is 12.1 Å². The van der Waals surface area contributed by atoms with E-state index >= 15 is 0 Å². The topological polar surface area (TPSA) is 103 Å². The SMILES string of the molecule is Nc1ncc(-c2ccc(C3CCOCC3)c(-c3nnc[nH]3)c2)cc1-c1ccncc1. The van der Waals surface area contributed by atoms with Crippen molar-refractivity contribution < 1.29 is 4.74 Å². The summed E-state index contributed by atoms with van der Waals surface area (Å²) >= 11 is 0. The van der Waals surface area contributed by atoms with Crippen molar-refractivity contribution in [2.24, 2.45) is 0 Å². The Morgan fingerprint density at radius 1 is 0.933 bits per heavy atom. The molecule has 1 aromatic carbocycles. The first-order valence-corrected chi connectivity index (χ1v) is 10.0. The van der Waals surface area contributed by atoms with Crippen LogP contribution in [0.2, 0.25) is 0 Å². The van der Waals surface area contributed by atoms with Crippen LogP contribution in [0, 0.1) is 0 Å². The molecule has 0 bridgehead atoms. The van der Waals surface area contributed by atoms with E-state index in [-0.39, 0.29) is 0 Å². The van der Waals surface area contributed by atoms with E-state index in [4.69, 9.17) is 10.5 Å². The molecule has 0 atom stereocenters. The molecular weight excluding hydrogens is 376 g/mol. The molecule has 150 valence electrons. The Bertz CT molecular complexity index is 1140. The van der Waals surface area contributed by atoms with Crippen molar-refractivity contribution in [3.63, 3.8) is 0 Å². The molecule has 4 aromatic rings. The average Bonchev–Trinajstić information content (AvgIpc) is 3.35. The summed E-state index contributed by atoms with van der Waals surface area (Å²) in [6.45, 7) is 1.58. The number of rotatable bonds is 4. The molecule has 0 radical (unpaired) electrons. The smallest absolute Gasteiger partial charge is 0.161 e. The molecule has 7 nitrogen and oxygen atoms in total. The van der Waals surface area contributed by atoms with E-state index in [2.05, 4.69) is 49.4 Å². The maximum atomic E-state index is 6.16. The second kappa shape index (κ2) is 8.04. The van der Waals surface area contributed by atoms with E-state index in [1.54, 1.807) is 18.7 Å². The molecule has 0 spiro atoms. The molecule has 4 heterocycles. The lowest BCUT2D eigenvalue weighted by atomic mass is 9.86. The van der Waals surface area contributed by atoms with Crippen LogP contribution in [-0.4, -0.2) is 38.4 Å². The number of anilines is 1. The molecule has 0 aliphatic carbocycles. The fraction of sp³-hybridized carbons (Fsp3) is 0.217. The molecule has 7 heteroatoms. The Balaban J connectivity index is 1.59. The highest BCUT2D eigenvalue weighted by Gasteiger charge is 2.21. The monoisotopic (exact) mass is 398 g/mol. The number of H-pyrrole nitrogens is 1. The Kier molecular flexibility index (Phi) is 4.94. The van der Waals surface area contributed by atoms with E-state index in [0.29, 0.717) is 11.7 Å². The standard InChI is InChI=1S/C23H22N6O/c24-22-20(15-3-7-25-8-4-15)12-18(13-26-22)17-1-2-19(16-5-9-30-10-6-16)21(11-17)23-27-14-28-29-23/h1-4,7-8,11-14,16H,5-6,9-10H2,(H2,24,26)(H,27,28,29). The summed E-state index contributed by atoms with van der Waals surface area (Å²) in [5.41, 5.74) is 12.4. The van der Waals surface area contributed by atoms with E-state index in [1.165, 1.54) is 5.56 Å². The molecule has 1 saturated heterocycles. The Morgan fingerprint density at radius 3 is 2.50 bits per heavy atom. The average molecular weight is 398 g/mol. The predicted molar refractivity (Wildman–Crippen MR) is 115 cm³/mol. The molecule has 30 heavy (non-hydrogen) atoms. The van der Waals surface area contributed by atoms with Crippen molar-refractivity contribution in [1.29, 1.82) is 0 Å². The lowest BCUT2D eigenvalue weighted by Crippen LogP contribution is -2.15. The molecule has 1 fully saturated rings. The number of hydrogen-bond donors (Lipinski definition) is 2. The van der Waals surface area contributed by atoms with E-state index < -0.39 is 0 Å². The molecule has 3 N–H and O–H groups in total. The molecule has 0 unspecified atom stereocenters. The molecule has 0 saturated carbocycles. The minimum atomic E-state index is 0.449. The van der Waals surface area contributed by atoms with Crippen molar-refractivity contribution in [3.8, 4) is 33.6 Å². The summed E-state index contributed by atoms with van der Waals surface area (Å²) in [5.74, 6) is 1.72. The number of aromatic nitrogens is 5. The summed E-state index contributed by atoms with van der Waals surface area (Å²) in [5, 5.41) is 8.26. The first-order valence-electron chi connectivity index (χ1n) is 10.0. The fourth-order valence-corrected chi connectivity index (χ4v) is 4.04. The van der Waals surface area contributed by atoms with Gasteiger partial charge in [0.2, 0.25) is 0 Å². The van der Waals surface area contributed by atoms with Gasteiger partial charge in [0.25, 0.3) is 0 Å². The first-order chi connectivity index (χ1) is 14.8. The Labute approximate surface area is 174 Å². The number of hydrogen-bond acceptors (Lipinski definition) is 6. The maximum absolute atomic E-state index is 6.16. The molecule has 0 amide bonds. The van der Waals surface area contributed by atoms with Crippen molar-refractivity contribution >= 4 is 5.82 Å². The van der Waals surface area contributed by atoms with E-state index in [9.17, 15) is 0 Å². The van der Waals surface area contributed by atoms with Gasteiger partial charge in [-0.25, -0.2) is 4.98 Å². The summed E-state index contributed by atoms with van der Waals surface area (Å²) in [6, 6.07) is 12.5. The van der Waals surface area contributed by atoms with Crippen molar-refractivity contribution in [3.05, 3.63) is 66.9 Å². The minimum Gasteiger partial charge on any atom is -0.383 e. The zero-order chi connectivity index (χ0) is 20.3. The number of benzene rings is 1. The predicted octanol–water partition coefficient (Wildman–Crippen LogP) is 4.07. The van der Waals surface area contributed by atoms with Crippen LogP contribution in [0.4, 0.5) is 5.82 Å². The first kappa shape index (κ1) is 18.4. The summed E-state index contributed by atoms with van der Waals surface area (Å²) in [4.78, 5) is 11.7. The van der Waals surface area contributed by atoms with Crippen LogP contribution >= 0.6 is 0 Å². The maximum Gasteiger partial charge on any atom is 0.161 e. The quantitative estimate of drug-likeness (QED) is 0.537. The number of nitrogens with two attached hydrogens (primary N) is 1. The van der Waals surface area contributed by atoms with Crippen LogP contribution in [0.5, 0.6) is 0 Å². The zero-order valence-electron chi connectivity index (χ0n) is 16.5. The molecule has 1 aliphatic heterocycles. The Hall–Kier alpha value is -3.58. The van der Waals surface area contributed by atoms with Crippen LogP contribution in [0.1, 0.15) is 24.3 Å². The molecule has 1 aliphatic rings. The van der Waals surface area contributed by atoms with E-state index in [0.717, 1.165) is 59.7 Å². The van der Waals surface area contributed by atoms with Gasteiger partial charge in [0, 0.05) is 48.5 Å². The number of pyridine rings is 2. The van der Waals surface area contributed by atoms with Crippen molar-refractivity contribution in [2.75, 3.05) is 18.9 Å². The molecular formula is C23H22N6O. The van der Waals surface area contributed by atoms with Gasteiger partial charge < -0.3 is 15.5 Å². The summed E-state index contributed by atoms with van der Waals surface area (Å²) in [6.07, 6.45) is 8.96. The van der Waals surface area contributed by atoms with Gasteiger partial charge in [0.05, 0.1) is 0 Å². The Morgan fingerprint density at radius 2 is 1.73 bits per heavy atom.